The summed E-state index contributed by atoms with van der Waals surface area (Å²) < 4.78 is 131. The van der Waals surface area contributed by atoms with E-state index in [0.717, 1.165) is 33.7 Å². The van der Waals surface area contributed by atoms with Crippen molar-refractivity contribution in [1.82, 2.24) is 4.90 Å². The second-order valence-electron chi connectivity index (χ2n) is 11.8. The molecule has 1 heterocycles. The van der Waals surface area contributed by atoms with Gasteiger partial charge in [0, 0.05) is 17.7 Å². The molecular weight excluding hydrogens is 709 g/mol. The van der Waals surface area contributed by atoms with Crippen LogP contribution in [0.3, 0.4) is 0 Å². The Morgan fingerprint density at radius 2 is 1.48 bits per heavy atom. The van der Waals surface area contributed by atoms with Crippen molar-refractivity contribution in [3.8, 4) is 28.0 Å². The quantitative estimate of drug-likeness (QED) is 0.186. The van der Waals surface area contributed by atoms with Crippen LogP contribution in [0.25, 0.3) is 22.3 Å². The van der Waals surface area contributed by atoms with Crippen LogP contribution < -0.4 is 4.74 Å². The zero-order chi connectivity index (χ0) is 38.6. The molecule has 3 aromatic rings. The molecule has 1 amide bonds. The van der Waals surface area contributed by atoms with Crippen LogP contribution in [0, 0.1) is 6.92 Å². The second kappa shape index (κ2) is 15.6. The summed E-state index contributed by atoms with van der Waals surface area (Å²) in [7, 11) is 2.84. The zero-order valence-corrected chi connectivity index (χ0v) is 28.1. The largest absolute Gasteiger partial charge is 0.496 e. The normalized spacial score (nSPS) is 16.5. The number of nitrogens with zero attached hydrogens (tertiary/aromatic N) is 1. The number of allylic oxidation sites excluding steroid dienone is 4. The maximum atomic E-state index is 12.9. The SMILES string of the molecule is CC1COC(=O)N1CC1=CC(C(F)(F)F)=CCC(C(F)(F)F)=C1.COC(=O)c1ccc(-c2ccc(OC)c(-c3ccc(C(F)(F)F)cc3)c2)c(C)c1. The third-order valence-corrected chi connectivity index (χ3v) is 8.18. The van der Waals surface area contributed by atoms with Crippen LogP contribution in [0.2, 0.25) is 0 Å². The summed E-state index contributed by atoms with van der Waals surface area (Å²) in [6, 6.07) is 15.3. The van der Waals surface area contributed by atoms with Crippen molar-refractivity contribution < 1.29 is 63.3 Å². The van der Waals surface area contributed by atoms with Gasteiger partial charge >= 0.3 is 30.6 Å². The first-order chi connectivity index (χ1) is 24.2. The van der Waals surface area contributed by atoms with E-state index >= 15 is 0 Å². The smallest absolute Gasteiger partial charge is 0.416 e. The van der Waals surface area contributed by atoms with Gasteiger partial charge in [-0.15, -0.1) is 0 Å². The van der Waals surface area contributed by atoms with Gasteiger partial charge < -0.3 is 14.2 Å². The molecule has 0 bridgehead atoms. The van der Waals surface area contributed by atoms with Crippen molar-refractivity contribution >= 4 is 12.1 Å². The van der Waals surface area contributed by atoms with Gasteiger partial charge in [-0.2, -0.15) is 39.5 Å². The molecule has 3 aromatic carbocycles. The fourth-order valence-corrected chi connectivity index (χ4v) is 5.42. The van der Waals surface area contributed by atoms with Crippen molar-refractivity contribution in [1.29, 1.82) is 0 Å². The van der Waals surface area contributed by atoms with E-state index in [4.69, 9.17) is 14.2 Å². The topological polar surface area (TPSA) is 65.1 Å². The van der Waals surface area contributed by atoms with Gasteiger partial charge in [-0.3, -0.25) is 4.90 Å². The number of amides is 1. The molecule has 15 heteroatoms. The number of cyclic esters (lactones) is 1. The summed E-state index contributed by atoms with van der Waals surface area (Å²) in [6.07, 6.45) is -13.7. The van der Waals surface area contributed by atoms with E-state index in [1.54, 1.807) is 25.1 Å². The molecule has 1 saturated heterocycles. The van der Waals surface area contributed by atoms with E-state index in [2.05, 4.69) is 0 Å². The van der Waals surface area contributed by atoms with E-state index < -0.39 is 59.8 Å². The lowest BCUT2D eigenvalue weighted by Crippen LogP contribution is -2.33. The van der Waals surface area contributed by atoms with Crippen LogP contribution in [0.5, 0.6) is 5.75 Å². The van der Waals surface area contributed by atoms with Crippen LogP contribution in [0.1, 0.15) is 34.8 Å². The third-order valence-electron chi connectivity index (χ3n) is 8.18. The van der Waals surface area contributed by atoms with Gasteiger partial charge in [-0.25, -0.2) is 9.59 Å². The number of carbonyl (C=O) groups is 2. The summed E-state index contributed by atoms with van der Waals surface area (Å²) in [5.74, 6) is 0.136. The fourth-order valence-electron chi connectivity index (χ4n) is 5.42. The molecule has 0 radical (unpaired) electrons. The van der Waals surface area contributed by atoms with Crippen molar-refractivity contribution in [2.45, 2.75) is 44.8 Å². The average Bonchev–Trinajstić information content (AvgIpc) is 3.25. The van der Waals surface area contributed by atoms with E-state index in [1.807, 2.05) is 25.1 Å². The summed E-state index contributed by atoms with van der Waals surface area (Å²) in [5.41, 5.74) is 1.15. The molecule has 5 rings (SSSR count). The number of methoxy groups -OCH3 is 2. The van der Waals surface area contributed by atoms with Gasteiger partial charge in [-0.05, 0) is 96.6 Å². The Balaban J connectivity index is 0.000000239. The first-order valence-electron chi connectivity index (χ1n) is 15.5. The highest BCUT2D eigenvalue weighted by atomic mass is 19.4. The maximum Gasteiger partial charge on any atom is 0.416 e. The van der Waals surface area contributed by atoms with Crippen LogP contribution in [-0.2, 0) is 15.7 Å². The Hall–Kier alpha value is -5.21. The number of hydrogen-bond acceptors (Lipinski definition) is 5. The number of esters is 1. The molecular formula is C37H32F9NO5. The Labute approximate surface area is 292 Å². The summed E-state index contributed by atoms with van der Waals surface area (Å²) >= 11 is 0. The third kappa shape index (κ3) is 9.56. The van der Waals surface area contributed by atoms with Crippen LogP contribution in [-0.4, -0.2) is 62.7 Å². The van der Waals surface area contributed by atoms with Crippen molar-refractivity contribution in [3.63, 3.8) is 0 Å². The summed E-state index contributed by atoms with van der Waals surface area (Å²) in [5, 5.41) is 0. The molecule has 0 saturated carbocycles. The molecule has 278 valence electrons. The number of hydrogen-bond donors (Lipinski definition) is 0. The van der Waals surface area contributed by atoms with Crippen molar-refractivity contribution in [2.75, 3.05) is 27.4 Å². The molecule has 0 aromatic heterocycles. The number of rotatable bonds is 6. The summed E-state index contributed by atoms with van der Waals surface area (Å²) in [6.45, 7) is 3.14. The number of ether oxygens (including phenoxy) is 3. The van der Waals surface area contributed by atoms with Gasteiger partial charge in [0.15, 0.2) is 0 Å². The van der Waals surface area contributed by atoms with Gasteiger partial charge in [0.2, 0.25) is 0 Å². The molecule has 0 N–H and O–H groups in total. The van der Waals surface area contributed by atoms with E-state index in [0.29, 0.717) is 40.7 Å². The number of aryl methyl sites for hydroxylation is 1. The molecule has 1 fully saturated rings. The van der Waals surface area contributed by atoms with E-state index in [1.165, 1.54) is 26.4 Å². The minimum absolute atomic E-state index is 0.0456. The minimum atomic E-state index is -4.77. The Kier molecular flexibility index (Phi) is 11.9. The van der Waals surface area contributed by atoms with Gasteiger partial charge in [0.25, 0.3) is 0 Å². The molecule has 0 spiro atoms. The fraction of sp³-hybridized carbons (Fsp3) is 0.297. The summed E-state index contributed by atoms with van der Waals surface area (Å²) in [4.78, 5) is 24.3. The molecule has 1 atom stereocenters. The highest BCUT2D eigenvalue weighted by Gasteiger charge is 2.38. The van der Waals surface area contributed by atoms with E-state index in [-0.39, 0.29) is 18.7 Å². The van der Waals surface area contributed by atoms with E-state index in [9.17, 15) is 49.1 Å². The van der Waals surface area contributed by atoms with Crippen LogP contribution in [0.15, 0.2) is 95.6 Å². The van der Waals surface area contributed by atoms with Gasteiger partial charge in [-0.1, -0.05) is 30.3 Å². The van der Waals surface area contributed by atoms with Gasteiger partial charge in [0.1, 0.15) is 12.4 Å². The maximum absolute atomic E-state index is 12.9. The highest BCUT2D eigenvalue weighted by molar-refractivity contribution is 5.91. The van der Waals surface area contributed by atoms with Gasteiger partial charge in [0.05, 0.1) is 37.0 Å². The highest BCUT2D eigenvalue weighted by Crippen LogP contribution is 2.38. The molecule has 2 aliphatic rings. The Bertz CT molecular complexity index is 1890. The predicted molar refractivity (Wildman–Crippen MR) is 173 cm³/mol. The first-order valence-corrected chi connectivity index (χ1v) is 15.5. The molecule has 1 unspecified atom stereocenters. The van der Waals surface area contributed by atoms with Crippen LogP contribution >= 0.6 is 0 Å². The second-order valence-corrected chi connectivity index (χ2v) is 11.8. The molecule has 6 nitrogen and oxygen atoms in total. The Morgan fingerprint density at radius 3 is 2.00 bits per heavy atom. The predicted octanol–water partition coefficient (Wildman–Crippen LogP) is 10.3. The van der Waals surface area contributed by atoms with Crippen molar-refractivity contribution in [3.05, 3.63) is 112 Å². The van der Waals surface area contributed by atoms with Crippen LogP contribution in [0.4, 0.5) is 44.3 Å². The number of benzene rings is 3. The number of halogens is 9. The van der Waals surface area contributed by atoms with Crippen molar-refractivity contribution in [2.24, 2.45) is 0 Å². The molecule has 1 aliphatic heterocycles. The monoisotopic (exact) mass is 741 g/mol. The average molecular weight is 742 g/mol. The molecule has 1 aliphatic carbocycles. The Morgan fingerprint density at radius 1 is 0.827 bits per heavy atom. The standard InChI is InChI=1S/C23H19F3O3.C14H13F6NO2/c1-14-12-17(22(27)29-3)6-10-19(14)16-7-11-21(28-2)20(13-16)15-4-8-18(9-5-15)23(24,25)26;1-8-7-23-12(22)21(8)6-9-4-10(13(15,16)17)2-3-11(5-9)14(18,19)20/h4-13H,1-3H3;2,4-5,8H,3,6-7H2,1H3. The lowest BCUT2D eigenvalue weighted by Gasteiger charge is -2.19. The zero-order valence-electron chi connectivity index (χ0n) is 28.1. The molecule has 52 heavy (non-hydrogen) atoms. The minimum Gasteiger partial charge on any atom is -0.496 e. The first kappa shape index (κ1) is 39.6. The lowest BCUT2D eigenvalue weighted by atomic mass is 9.94. The number of alkyl halides is 9. The number of carbonyl (C=O) groups excluding carboxylic acids is 2. The lowest BCUT2D eigenvalue weighted by molar-refractivity contribution is -0.137.